The number of thiophene rings is 1. The Bertz CT molecular complexity index is 2280. The SMILES string of the molecule is CN(c1ccccc1)c1ccc2c(c1)C1(c3cc(-c4ccc(/C=C(\C#N)C(=O)O)s4)ccc3C=C2)c2ccccc2-c2ccccc21. The second-order valence-electron chi connectivity index (χ2n) is 11.8. The van der Waals surface area contributed by atoms with Gasteiger partial charge in [-0.15, -0.1) is 11.3 Å². The first kappa shape index (κ1) is 28.5. The maximum absolute atomic E-state index is 11.5. The van der Waals surface area contributed by atoms with Crippen molar-refractivity contribution in [3.05, 3.63) is 171 Å². The van der Waals surface area contributed by atoms with Crippen molar-refractivity contribution in [1.82, 2.24) is 0 Å². The zero-order valence-corrected chi connectivity index (χ0v) is 26.3. The molecular formula is C42H28N2O2S. The Hall–Kier alpha value is -5.96. The lowest BCUT2D eigenvalue weighted by molar-refractivity contribution is -0.132. The number of anilines is 2. The summed E-state index contributed by atoms with van der Waals surface area (Å²) >= 11 is 1.48. The van der Waals surface area contributed by atoms with Crippen molar-refractivity contribution < 1.29 is 9.90 Å². The van der Waals surface area contributed by atoms with E-state index in [-0.39, 0.29) is 5.57 Å². The fraction of sp³-hybridized carbons (Fsp3) is 0.0476. The number of aliphatic carboxylic acids is 1. The van der Waals surface area contributed by atoms with Crippen LogP contribution in [0, 0.1) is 11.3 Å². The molecule has 0 saturated heterocycles. The molecule has 1 heterocycles. The minimum Gasteiger partial charge on any atom is -0.477 e. The number of nitriles is 1. The van der Waals surface area contributed by atoms with Crippen molar-refractivity contribution in [2.24, 2.45) is 0 Å². The van der Waals surface area contributed by atoms with Crippen LogP contribution in [-0.2, 0) is 10.2 Å². The topological polar surface area (TPSA) is 64.3 Å². The van der Waals surface area contributed by atoms with Gasteiger partial charge in [-0.2, -0.15) is 5.26 Å². The summed E-state index contributed by atoms with van der Waals surface area (Å²) in [6, 6.07) is 47.1. The van der Waals surface area contributed by atoms with Crippen LogP contribution in [0.4, 0.5) is 11.4 Å². The van der Waals surface area contributed by atoms with Gasteiger partial charge in [0.25, 0.3) is 0 Å². The first-order chi connectivity index (χ1) is 23.0. The van der Waals surface area contributed by atoms with E-state index in [2.05, 4.69) is 133 Å². The van der Waals surface area contributed by atoms with Gasteiger partial charge in [-0.3, -0.25) is 0 Å². The van der Waals surface area contributed by atoms with Crippen molar-refractivity contribution in [2.45, 2.75) is 5.41 Å². The van der Waals surface area contributed by atoms with Crippen molar-refractivity contribution in [1.29, 1.82) is 5.26 Å². The minimum atomic E-state index is -1.23. The van der Waals surface area contributed by atoms with E-state index in [1.54, 1.807) is 6.07 Å². The number of rotatable bonds is 5. The van der Waals surface area contributed by atoms with Crippen LogP contribution in [0.25, 0.3) is 39.8 Å². The number of hydrogen-bond acceptors (Lipinski definition) is 4. The molecule has 0 aliphatic heterocycles. The molecule has 5 heteroatoms. The third kappa shape index (κ3) is 4.46. The Balaban J connectivity index is 1.40. The summed E-state index contributed by atoms with van der Waals surface area (Å²) in [4.78, 5) is 15.5. The summed E-state index contributed by atoms with van der Waals surface area (Å²) in [7, 11) is 2.11. The van der Waals surface area contributed by atoms with Crippen LogP contribution < -0.4 is 4.90 Å². The molecule has 8 rings (SSSR count). The summed E-state index contributed by atoms with van der Waals surface area (Å²) in [5.41, 5.74) is 12.1. The van der Waals surface area contributed by atoms with E-state index in [0.717, 1.165) is 32.3 Å². The highest BCUT2D eigenvalue weighted by atomic mass is 32.1. The Kier molecular flexibility index (Phi) is 6.75. The van der Waals surface area contributed by atoms with Crippen molar-refractivity contribution >= 4 is 46.9 Å². The third-order valence-corrected chi connectivity index (χ3v) is 10.5. The van der Waals surface area contributed by atoms with Gasteiger partial charge in [0.1, 0.15) is 11.6 Å². The molecule has 2 aliphatic carbocycles. The molecule has 6 aromatic rings. The molecule has 0 fully saturated rings. The molecule has 0 saturated carbocycles. The highest BCUT2D eigenvalue weighted by Crippen LogP contribution is 2.59. The summed E-state index contributed by atoms with van der Waals surface area (Å²) < 4.78 is 0. The van der Waals surface area contributed by atoms with E-state index in [0.29, 0.717) is 0 Å². The summed E-state index contributed by atoms with van der Waals surface area (Å²) in [6.07, 6.45) is 5.90. The van der Waals surface area contributed by atoms with Crippen molar-refractivity contribution in [2.75, 3.05) is 11.9 Å². The van der Waals surface area contributed by atoms with Crippen LogP contribution in [-0.4, -0.2) is 18.1 Å². The first-order valence-electron chi connectivity index (χ1n) is 15.4. The predicted molar refractivity (Wildman–Crippen MR) is 192 cm³/mol. The Morgan fingerprint density at radius 2 is 1.34 bits per heavy atom. The molecule has 0 amide bonds. The number of fused-ring (bicyclic) bond motifs is 9. The highest BCUT2D eigenvalue weighted by Gasteiger charge is 2.48. The van der Waals surface area contributed by atoms with Crippen LogP contribution in [0.5, 0.6) is 0 Å². The van der Waals surface area contributed by atoms with Gasteiger partial charge in [-0.1, -0.05) is 97.1 Å². The summed E-state index contributed by atoms with van der Waals surface area (Å²) in [5.74, 6) is -1.23. The third-order valence-electron chi connectivity index (χ3n) is 9.37. The number of carboxylic acid groups (broad SMARTS) is 1. The van der Waals surface area contributed by atoms with Crippen LogP contribution in [0.1, 0.15) is 38.3 Å². The molecule has 1 N–H and O–H groups in total. The van der Waals surface area contributed by atoms with Gasteiger partial charge in [0.15, 0.2) is 0 Å². The first-order valence-corrected chi connectivity index (χ1v) is 16.2. The van der Waals surface area contributed by atoms with Gasteiger partial charge in [0, 0.05) is 28.2 Å². The average molecular weight is 625 g/mol. The van der Waals surface area contributed by atoms with E-state index >= 15 is 0 Å². The summed E-state index contributed by atoms with van der Waals surface area (Å²) in [6.45, 7) is 0. The number of carboxylic acids is 1. The zero-order chi connectivity index (χ0) is 32.1. The number of hydrogen-bond donors (Lipinski definition) is 1. The van der Waals surface area contributed by atoms with Crippen molar-refractivity contribution in [3.63, 3.8) is 0 Å². The van der Waals surface area contributed by atoms with Crippen LogP contribution >= 0.6 is 11.3 Å². The normalized spacial score (nSPS) is 13.6. The van der Waals surface area contributed by atoms with Crippen LogP contribution in [0.3, 0.4) is 0 Å². The number of para-hydroxylation sites is 1. The highest BCUT2D eigenvalue weighted by molar-refractivity contribution is 7.16. The number of carbonyl (C=O) groups is 1. The minimum absolute atomic E-state index is 0.281. The van der Waals surface area contributed by atoms with Gasteiger partial charge in [-0.25, -0.2) is 4.79 Å². The molecule has 224 valence electrons. The van der Waals surface area contributed by atoms with E-state index in [1.807, 2.05) is 18.2 Å². The van der Waals surface area contributed by atoms with Gasteiger partial charge in [0.05, 0.1) is 5.41 Å². The molecule has 1 aromatic heterocycles. The molecular weight excluding hydrogens is 597 g/mol. The predicted octanol–water partition coefficient (Wildman–Crippen LogP) is 10.0. The second kappa shape index (κ2) is 11.1. The summed E-state index contributed by atoms with van der Waals surface area (Å²) in [5, 5.41) is 18.7. The Morgan fingerprint density at radius 3 is 2.00 bits per heavy atom. The Labute approximate surface area is 277 Å². The maximum atomic E-state index is 11.5. The molecule has 5 aromatic carbocycles. The Morgan fingerprint density at radius 1 is 0.723 bits per heavy atom. The molecule has 4 nitrogen and oxygen atoms in total. The van der Waals surface area contributed by atoms with E-state index in [9.17, 15) is 15.2 Å². The van der Waals surface area contributed by atoms with Gasteiger partial charge in [0.2, 0.25) is 0 Å². The monoisotopic (exact) mass is 624 g/mol. The standard InChI is InChI=1S/C42H28N2O2S/c1-44(31-9-3-2-4-10-31)32-20-19-28-16-15-27-17-18-29(40-22-21-33(47-40)23-30(26-43)41(45)46)24-38(27)42(39(28)25-32)36-13-7-5-11-34(36)35-12-6-8-14-37(35)42/h2-25H,1H3,(H,45,46)/b30-23+. The molecule has 2 aliphatic rings. The fourth-order valence-electron chi connectivity index (χ4n) is 7.21. The average Bonchev–Trinajstić information content (AvgIpc) is 3.67. The van der Waals surface area contributed by atoms with Crippen molar-refractivity contribution in [3.8, 4) is 27.6 Å². The van der Waals surface area contributed by atoms with E-state index in [4.69, 9.17) is 0 Å². The number of benzene rings is 5. The van der Waals surface area contributed by atoms with Crippen LogP contribution in [0.15, 0.2) is 133 Å². The molecule has 0 bridgehead atoms. The molecule has 0 radical (unpaired) electrons. The lowest BCUT2D eigenvalue weighted by atomic mass is 9.65. The van der Waals surface area contributed by atoms with E-state index < -0.39 is 11.4 Å². The quantitative estimate of drug-likeness (QED) is 0.153. The molecule has 47 heavy (non-hydrogen) atoms. The van der Waals surface area contributed by atoms with Crippen LogP contribution in [0.2, 0.25) is 0 Å². The van der Waals surface area contributed by atoms with Gasteiger partial charge in [-0.05, 0) is 98.6 Å². The molecule has 0 unspecified atom stereocenters. The van der Waals surface area contributed by atoms with Gasteiger partial charge < -0.3 is 10.0 Å². The van der Waals surface area contributed by atoms with Gasteiger partial charge >= 0.3 is 5.97 Å². The van der Waals surface area contributed by atoms with E-state index in [1.165, 1.54) is 56.4 Å². The molecule has 1 spiro atoms. The maximum Gasteiger partial charge on any atom is 0.346 e. The smallest absolute Gasteiger partial charge is 0.346 e. The molecule has 0 atom stereocenters. The fourth-order valence-corrected chi connectivity index (χ4v) is 8.16. The lowest BCUT2D eigenvalue weighted by Gasteiger charge is -2.36. The largest absolute Gasteiger partial charge is 0.477 e. The number of nitrogens with zero attached hydrogens (tertiary/aromatic N) is 2. The zero-order valence-electron chi connectivity index (χ0n) is 25.5. The second-order valence-corrected chi connectivity index (χ2v) is 12.9. The lowest BCUT2D eigenvalue weighted by Crippen LogP contribution is -2.30.